The van der Waals surface area contributed by atoms with Gasteiger partial charge in [0.15, 0.2) is 0 Å². The van der Waals surface area contributed by atoms with Gasteiger partial charge in [-0.25, -0.2) is 0 Å². The van der Waals surface area contributed by atoms with Gasteiger partial charge in [0.25, 0.3) is 5.91 Å². The van der Waals surface area contributed by atoms with Crippen molar-refractivity contribution in [2.24, 2.45) is 11.7 Å². The predicted molar refractivity (Wildman–Crippen MR) is 97.8 cm³/mol. The molecule has 0 radical (unpaired) electrons. The van der Waals surface area contributed by atoms with Crippen LogP contribution in [0.2, 0.25) is 0 Å². The molecule has 138 valence electrons. The van der Waals surface area contributed by atoms with Gasteiger partial charge in [0, 0.05) is 24.5 Å². The summed E-state index contributed by atoms with van der Waals surface area (Å²) >= 11 is 0. The van der Waals surface area contributed by atoms with Crippen molar-refractivity contribution < 1.29 is 14.3 Å². The van der Waals surface area contributed by atoms with E-state index in [1.165, 1.54) is 0 Å². The molecule has 1 aromatic rings. The van der Waals surface area contributed by atoms with Gasteiger partial charge >= 0.3 is 0 Å². The lowest BCUT2D eigenvalue weighted by molar-refractivity contribution is -0.131. The molecule has 0 aromatic heterocycles. The molecule has 1 spiro atoms. The van der Waals surface area contributed by atoms with Gasteiger partial charge in [0.1, 0.15) is 12.4 Å². The molecule has 6 heteroatoms. The zero-order valence-corrected chi connectivity index (χ0v) is 14.8. The third kappa shape index (κ3) is 3.21. The molecule has 2 atom stereocenters. The summed E-state index contributed by atoms with van der Waals surface area (Å²) in [5.74, 6) is 0.766. The molecule has 4 rings (SSSR count). The molecule has 1 aliphatic carbocycles. The molecule has 3 aliphatic rings. The summed E-state index contributed by atoms with van der Waals surface area (Å²) < 4.78 is 5.76. The number of nitrogens with zero attached hydrogens (tertiary/aromatic N) is 1. The summed E-state index contributed by atoms with van der Waals surface area (Å²) in [5.41, 5.74) is 6.44. The van der Waals surface area contributed by atoms with Crippen molar-refractivity contribution in [1.82, 2.24) is 10.2 Å². The van der Waals surface area contributed by atoms with Crippen LogP contribution in [0.3, 0.4) is 0 Å². The van der Waals surface area contributed by atoms with Crippen LogP contribution in [0.4, 0.5) is 0 Å². The molecule has 2 heterocycles. The molecule has 2 bridgehead atoms. The zero-order valence-electron chi connectivity index (χ0n) is 14.8. The van der Waals surface area contributed by atoms with E-state index in [2.05, 4.69) is 5.32 Å². The minimum atomic E-state index is -0.521. The number of nitrogens with one attached hydrogen (secondary N) is 1. The van der Waals surface area contributed by atoms with E-state index in [9.17, 15) is 9.59 Å². The number of rotatable bonds is 0. The normalized spacial score (nSPS) is 29.2. The summed E-state index contributed by atoms with van der Waals surface area (Å²) in [6.07, 6.45) is 7.04. The number of nitrogens with two attached hydrogens (primary N) is 1. The van der Waals surface area contributed by atoms with Crippen molar-refractivity contribution in [2.45, 2.75) is 37.3 Å². The van der Waals surface area contributed by atoms with E-state index in [1.54, 1.807) is 6.07 Å². The van der Waals surface area contributed by atoms with Crippen LogP contribution in [-0.4, -0.2) is 48.0 Å². The number of carbonyl (C=O) groups excluding carboxylic acids is 2. The largest absolute Gasteiger partial charge is 0.489 e. The Kier molecular flexibility index (Phi) is 4.44. The van der Waals surface area contributed by atoms with Gasteiger partial charge in [-0.05, 0) is 37.8 Å². The van der Waals surface area contributed by atoms with Crippen LogP contribution in [-0.2, 0) is 4.79 Å². The topological polar surface area (TPSA) is 84.7 Å². The van der Waals surface area contributed by atoms with Crippen molar-refractivity contribution in [2.75, 3.05) is 19.7 Å². The summed E-state index contributed by atoms with van der Waals surface area (Å²) in [6, 6.07) is 6.79. The Hall–Kier alpha value is -2.34. The molecule has 3 N–H and O–H groups in total. The average molecular weight is 355 g/mol. The van der Waals surface area contributed by atoms with Crippen LogP contribution < -0.4 is 15.8 Å². The SMILES string of the molecule is NC1C/C=C/COc2ccccc2C(=O)NC2(CC2)C2CCN(C2)C1=O. The highest BCUT2D eigenvalue weighted by atomic mass is 16.5. The van der Waals surface area contributed by atoms with Crippen molar-refractivity contribution in [3.05, 3.63) is 42.0 Å². The third-order valence-electron chi connectivity index (χ3n) is 5.77. The summed E-state index contributed by atoms with van der Waals surface area (Å²) in [4.78, 5) is 27.3. The first-order valence-electron chi connectivity index (χ1n) is 9.33. The van der Waals surface area contributed by atoms with Crippen molar-refractivity contribution in [1.29, 1.82) is 0 Å². The van der Waals surface area contributed by atoms with Gasteiger partial charge in [-0.1, -0.05) is 24.3 Å². The Morgan fingerprint density at radius 3 is 2.81 bits per heavy atom. The maximum atomic E-state index is 12.9. The fraction of sp³-hybridized carbons (Fsp3) is 0.500. The van der Waals surface area contributed by atoms with E-state index in [0.29, 0.717) is 30.9 Å². The molecular weight excluding hydrogens is 330 g/mol. The van der Waals surface area contributed by atoms with Crippen LogP contribution in [0.1, 0.15) is 36.0 Å². The number of benzene rings is 1. The lowest BCUT2D eigenvalue weighted by Gasteiger charge is -2.26. The Bertz CT molecular complexity index is 742. The minimum absolute atomic E-state index is 0.00153. The van der Waals surface area contributed by atoms with Crippen LogP contribution >= 0.6 is 0 Å². The first-order valence-corrected chi connectivity index (χ1v) is 9.33. The molecule has 6 nitrogen and oxygen atoms in total. The predicted octanol–water partition coefficient (Wildman–Crippen LogP) is 1.46. The number of hydrogen-bond donors (Lipinski definition) is 2. The lowest BCUT2D eigenvalue weighted by Crippen LogP contribution is -2.46. The van der Waals surface area contributed by atoms with Gasteiger partial charge in [0.05, 0.1) is 11.6 Å². The van der Waals surface area contributed by atoms with Crippen molar-refractivity contribution in [3.8, 4) is 5.75 Å². The van der Waals surface area contributed by atoms with E-state index in [1.807, 2.05) is 35.3 Å². The van der Waals surface area contributed by atoms with Crippen molar-refractivity contribution in [3.63, 3.8) is 0 Å². The molecule has 1 saturated heterocycles. The second-order valence-corrected chi connectivity index (χ2v) is 7.50. The highest BCUT2D eigenvalue weighted by Gasteiger charge is 2.53. The summed E-state index contributed by atoms with van der Waals surface area (Å²) in [7, 11) is 0. The smallest absolute Gasteiger partial charge is 0.255 e. The van der Waals surface area contributed by atoms with Crippen molar-refractivity contribution >= 4 is 11.8 Å². The van der Waals surface area contributed by atoms with Gasteiger partial charge in [-0.2, -0.15) is 0 Å². The highest BCUT2D eigenvalue weighted by Crippen LogP contribution is 2.46. The average Bonchev–Trinajstić information content (AvgIpc) is 3.25. The number of amides is 2. The van der Waals surface area contributed by atoms with E-state index < -0.39 is 6.04 Å². The van der Waals surface area contributed by atoms with Crippen LogP contribution in [0.15, 0.2) is 36.4 Å². The van der Waals surface area contributed by atoms with Gasteiger partial charge < -0.3 is 20.7 Å². The van der Waals surface area contributed by atoms with E-state index in [4.69, 9.17) is 10.5 Å². The minimum Gasteiger partial charge on any atom is -0.489 e. The molecular formula is C20H25N3O3. The number of fused-ring (bicyclic) bond motifs is 4. The van der Waals surface area contributed by atoms with E-state index >= 15 is 0 Å². The van der Waals surface area contributed by atoms with Crippen LogP contribution in [0, 0.1) is 5.92 Å². The lowest BCUT2D eigenvalue weighted by atomic mass is 9.95. The quantitative estimate of drug-likeness (QED) is 0.690. The third-order valence-corrected chi connectivity index (χ3v) is 5.77. The fourth-order valence-corrected chi connectivity index (χ4v) is 4.04. The van der Waals surface area contributed by atoms with Gasteiger partial charge in [-0.3, -0.25) is 9.59 Å². The second-order valence-electron chi connectivity index (χ2n) is 7.50. The van der Waals surface area contributed by atoms with E-state index in [-0.39, 0.29) is 23.3 Å². The molecule has 2 amide bonds. The Labute approximate surface area is 153 Å². The summed E-state index contributed by atoms with van der Waals surface area (Å²) in [5, 5.41) is 3.24. The Balaban J connectivity index is 1.61. The van der Waals surface area contributed by atoms with Gasteiger partial charge in [-0.15, -0.1) is 0 Å². The molecule has 26 heavy (non-hydrogen) atoms. The number of para-hydroxylation sites is 1. The van der Waals surface area contributed by atoms with Crippen LogP contribution in [0.25, 0.3) is 0 Å². The molecule has 1 aromatic carbocycles. The zero-order chi connectivity index (χ0) is 18.1. The first kappa shape index (κ1) is 17.1. The summed E-state index contributed by atoms with van der Waals surface area (Å²) in [6.45, 7) is 1.73. The molecule has 2 aliphatic heterocycles. The maximum absolute atomic E-state index is 12.9. The monoisotopic (exact) mass is 355 g/mol. The maximum Gasteiger partial charge on any atom is 0.255 e. The number of carbonyl (C=O) groups is 2. The standard InChI is InChI=1S/C20H25N3O3/c21-16-6-3-4-12-26-17-7-2-1-5-15(17)18(24)22-20(9-10-20)14-8-11-23(13-14)19(16)25/h1-5,7,14,16H,6,8-13,21H2,(H,22,24)/b4-3+. The van der Waals surface area contributed by atoms with E-state index in [0.717, 1.165) is 25.8 Å². The number of ether oxygens (including phenoxy) is 1. The first-order chi connectivity index (χ1) is 12.6. The molecule has 1 saturated carbocycles. The fourth-order valence-electron chi connectivity index (χ4n) is 4.04. The van der Waals surface area contributed by atoms with Crippen LogP contribution in [0.5, 0.6) is 5.75 Å². The van der Waals surface area contributed by atoms with Gasteiger partial charge in [0.2, 0.25) is 5.91 Å². The molecule has 2 unspecified atom stereocenters. The second kappa shape index (κ2) is 6.76. The Morgan fingerprint density at radius 1 is 1.19 bits per heavy atom. The highest BCUT2D eigenvalue weighted by molar-refractivity contribution is 5.97. The molecule has 2 fully saturated rings. The number of hydrogen-bond acceptors (Lipinski definition) is 4. The Morgan fingerprint density at radius 2 is 2.00 bits per heavy atom.